The van der Waals surface area contributed by atoms with E-state index in [1.165, 1.54) is 18.4 Å². The van der Waals surface area contributed by atoms with Crippen molar-refractivity contribution in [2.24, 2.45) is 0 Å². The van der Waals surface area contributed by atoms with Gasteiger partial charge in [0.1, 0.15) is 0 Å². The largest absolute Gasteiger partial charge is 0.315 e. The molecule has 3 heteroatoms. The van der Waals surface area contributed by atoms with E-state index in [0.29, 0.717) is 6.16 Å². The van der Waals surface area contributed by atoms with Gasteiger partial charge in [0, 0.05) is 17.4 Å². The molecule has 0 aliphatic heterocycles. The van der Waals surface area contributed by atoms with E-state index in [-0.39, 0.29) is 11.2 Å². The van der Waals surface area contributed by atoms with Crippen molar-refractivity contribution in [3.05, 3.63) is 34.4 Å². The molecule has 0 N–H and O–H groups in total. The summed E-state index contributed by atoms with van der Waals surface area (Å²) in [7, 11) is -2.86. The lowest BCUT2D eigenvalue weighted by Crippen LogP contribution is -2.21. The third-order valence-electron chi connectivity index (χ3n) is 5.74. The van der Waals surface area contributed by atoms with Crippen molar-refractivity contribution >= 4 is 12.7 Å². The highest BCUT2D eigenvalue weighted by Crippen LogP contribution is 2.59. The molecule has 1 aromatic carbocycles. The van der Waals surface area contributed by atoms with E-state index < -0.39 is 7.14 Å². The first-order valence-corrected chi connectivity index (χ1v) is 12.1. The second-order valence-corrected chi connectivity index (χ2v) is 11.1. The monoisotopic (exact) mass is 362 g/mol. The Morgan fingerprint density at radius 3 is 2.16 bits per heavy atom. The van der Waals surface area contributed by atoms with E-state index in [1.807, 2.05) is 13.8 Å². The molecule has 25 heavy (non-hydrogen) atoms. The Bertz CT molecular complexity index is 618. The molecule has 1 unspecified atom stereocenters. The van der Waals surface area contributed by atoms with E-state index in [2.05, 4.69) is 26.0 Å². The molecule has 2 nitrogen and oxygen atoms in total. The number of carbonyl (C=O) groups is 1. The molecule has 1 aromatic rings. The number of benzene rings is 1. The van der Waals surface area contributed by atoms with Crippen LogP contribution in [0.15, 0.2) is 12.1 Å². The lowest BCUT2D eigenvalue weighted by atomic mass is 10.0. The van der Waals surface area contributed by atoms with Crippen LogP contribution in [0, 0.1) is 20.8 Å². The van der Waals surface area contributed by atoms with Crippen molar-refractivity contribution in [1.82, 2.24) is 0 Å². The molecule has 0 heterocycles. The Morgan fingerprint density at radius 2 is 1.60 bits per heavy atom. The van der Waals surface area contributed by atoms with Gasteiger partial charge in [0.25, 0.3) is 0 Å². The van der Waals surface area contributed by atoms with Crippen molar-refractivity contribution in [1.29, 1.82) is 0 Å². The number of hydrogen-bond acceptors (Lipinski definition) is 2. The standard InChI is InChI=1S/C22H35O2P/c1-5-6-7-11-14-25(24,20-12-9-8-10-13-20)22(23)21-18(3)15-17(2)16-19(21)4/h15-16,20H,5-14H2,1-4H3. The minimum absolute atomic E-state index is 0.0223. The normalized spacial score (nSPS) is 18.1. The van der Waals surface area contributed by atoms with E-state index in [4.69, 9.17) is 0 Å². The quantitative estimate of drug-likeness (QED) is 0.367. The van der Waals surface area contributed by atoms with E-state index in [0.717, 1.165) is 61.6 Å². The van der Waals surface area contributed by atoms with Gasteiger partial charge in [-0.3, -0.25) is 4.79 Å². The number of aryl methyl sites for hydroxylation is 3. The zero-order chi connectivity index (χ0) is 18.4. The summed E-state index contributed by atoms with van der Waals surface area (Å²) in [5.74, 6) is 0. The van der Waals surface area contributed by atoms with Gasteiger partial charge in [-0.2, -0.15) is 0 Å². The highest BCUT2D eigenvalue weighted by molar-refractivity contribution is 7.81. The third kappa shape index (κ3) is 4.85. The van der Waals surface area contributed by atoms with Gasteiger partial charge in [-0.15, -0.1) is 0 Å². The first kappa shape index (κ1) is 20.4. The van der Waals surface area contributed by atoms with E-state index in [1.54, 1.807) is 0 Å². The third-order valence-corrected chi connectivity index (χ3v) is 9.33. The second-order valence-electron chi connectivity index (χ2n) is 7.95. The summed E-state index contributed by atoms with van der Waals surface area (Å²) >= 11 is 0. The SMILES string of the molecule is CCCCCCP(=O)(C(=O)c1c(C)cc(C)cc1C)C1CCCCC1. The van der Waals surface area contributed by atoms with Crippen molar-refractivity contribution in [2.75, 3.05) is 6.16 Å². The molecule has 1 fully saturated rings. The van der Waals surface area contributed by atoms with Gasteiger partial charge in [0.2, 0.25) is 5.52 Å². The molecule has 0 amide bonds. The Kier molecular flexibility index (Phi) is 7.50. The lowest BCUT2D eigenvalue weighted by molar-refractivity contribution is 0.107. The number of hydrogen-bond donors (Lipinski definition) is 0. The number of unbranched alkanes of at least 4 members (excludes halogenated alkanes) is 3. The zero-order valence-corrected chi connectivity index (χ0v) is 17.5. The van der Waals surface area contributed by atoms with Crippen molar-refractivity contribution in [3.63, 3.8) is 0 Å². The topological polar surface area (TPSA) is 34.1 Å². The van der Waals surface area contributed by atoms with Gasteiger partial charge in [0.15, 0.2) is 7.14 Å². The van der Waals surface area contributed by atoms with Gasteiger partial charge in [0.05, 0.1) is 0 Å². The van der Waals surface area contributed by atoms with Gasteiger partial charge < -0.3 is 4.57 Å². The van der Waals surface area contributed by atoms with Crippen LogP contribution >= 0.6 is 7.14 Å². The molecule has 2 rings (SSSR count). The minimum Gasteiger partial charge on any atom is -0.315 e. The first-order valence-electron chi connectivity index (χ1n) is 10.1. The Labute approximate surface area is 154 Å². The van der Waals surface area contributed by atoms with Crippen molar-refractivity contribution < 1.29 is 9.36 Å². The minimum atomic E-state index is -2.86. The molecule has 1 aliphatic carbocycles. The summed E-state index contributed by atoms with van der Waals surface area (Å²) in [6, 6.07) is 4.12. The molecular formula is C22H35O2P. The van der Waals surface area contributed by atoms with Gasteiger partial charge in [-0.05, 0) is 51.2 Å². The van der Waals surface area contributed by atoms with Gasteiger partial charge in [-0.1, -0.05) is 63.1 Å². The predicted molar refractivity (Wildman–Crippen MR) is 108 cm³/mol. The Balaban J connectivity index is 2.33. The zero-order valence-electron chi connectivity index (χ0n) is 16.6. The van der Waals surface area contributed by atoms with Crippen LogP contribution in [0.1, 0.15) is 91.8 Å². The molecule has 0 aromatic heterocycles. The maximum Gasteiger partial charge on any atom is 0.222 e. The number of rotatable bonds is 8. The van der Waals surface area contributed by atoms with E-state index in [9.17, 15) is 9.36 Å². The average molecular weight is 362 g/mol. The first-order chi connectivity index (χ1) is 11.9. The fraction of sp³-hybridized carbons (Fsp3) is 0.682. The predicted octanol–water partition coefficient (Wildman–Crippen LogP) is 7.03. The molecule has 1 aliphatic rings. The summed E-state index contributed by atoms with van der Waals surface area (Å²) in [5, 5.41) is 0. The fourth-order valence-corrected chi connectivity index (χ4v) is 7.95. The maximum atomic E-state index is 14.1. The molecule has 0 radical (unpaired) electrons. The average Bonchev–Trinajstić information content (AvgIpc) is 2.58. The summed E-state index contributed by atoms with van der Waals surface area (Å²) in [5.41, 5.74) is 4.00. The molecule has 0 bridgehead atoms. The van der Waals surface area contributed by atoms with Crippen LogP contribution in [0.4, 0.5) is 0 Å². The van der Waals surface area contributed by atoms with Crippen LogP contribution in [-0.2, 0) is 4.57 Å². The summed E-state index contributed by atoms with van der Waals surface area (Å²) < 4.78 is 14.1. The summed E-state index contributed by atoms with van der Waals surface area (Å²) in [6.45, 7) is 8.23. The highest BCUT2D eigenvalue weighted by atomic mass is 31.2. The van der Waals surface area contributed by atoms with Crippen LogP contribution in [0.5, 0.6) is 0 Å². The van der Waals surface area contributed by atoms with Crippen molar-refractivity contribution in [2.45, 2.75) is 91.1 Å². The van der Waals surface area contributed by atoms with Crippen LogP contribution in [0.3, 0.4) is 0 Å². The second kappa shape index (κ2) is 9.17. The Morgan fingerprint density at radius 1 is 1.00 bits per heavy atom. The molecule has 140 valence electrons. The van der Waals surface area contributed by atoms with Gasteiger partial charge >= 0.3 is 0 Å². The maximum absolute atomic E-state index is 14.1. The lowest BCUT2D eigenvalue weighted by Gasteiger charge is -2.30. The molecule has 1 saturated carbocycles. The molecule has 0 spiro atoms. The van der Waals surface area contributed by atoms with Crippen molar-refractivity contribution in [3.8, 4) is 0 Å². The summed E-state index contributed by atoms with van der Waals surface area (Å²) in [6.07, 6.45) is 10.4. The van der Waals surface area contributed by atoms with E-state index >= 15 is 0 Å². The van der Waals surface area contributed by atoms with Crippen LogP contribution in [0.2, 0.25) is 0 Å². The smallest absolute Gasteiger partial charge is 0.222 e. The fourth-order valence-electron chi connectivity index (χ4n) is 4.43. The highest BCUT2D eigenvalue weighted by Gasteiger charge is 2.41. The number of carbonyl (C=O) groups excluding carboxylic acids is 1. The molecule has 1 atom stereocenters. The van der Waals surface area contributed by atoms with Crippen LogP contribution in [0.25, 0.3) is 0 Å². The van der Waals surface area contributed by atoms with Gasteiger partial charge in [-0.25, -0.2) is 0 Å². The molecule has 0 saturated heterocycles. The molecular weight excluding hydrogens is 327 g/mol. The van der Waals surface area contributed by atoms with Crippen LogP contribution < -0.4 is 0 Å². The van der Waals surface area contributed by atoms with Crippen LogP contribution in [-0.4, -0.2) is 17.3 Å². The summed E-state index contributed by atoms with van der Waals surface area (Å²) in [4.78, 5) is 13.5. The Hall–Kier alpha value is -0.880.